The van der Waals surface area contributed by atoms with Crippen LogP contribution in [0, 0.1) is 0 Å². The molecule has 0 saturated heterocycles. The first-order valence-corrected chi connectivity index (χ1v) is 5.34. The minimum Gasteiger partial charge on any atom is -0.364 e. The predicted octanol–water partition coefficient (Wildman–Crippen LogP) is 2.99. The normalized spacial score (nSPS) is 9.50. The van der Waals surface area contributed by atoms with Crippen molar-refractivity contribution in [3.05, 3.63) is 62.0 Å². The Morgan fingerprint density at radius 3 is 2.38 bits per heavy atom. The summed E-state index contributed by atoms with van der Waals surface area (Å²) >= 11 is 0. The molecule has 0 aliphatic carbocycles. The van der Waals surface area contributed by atoms with E-state index in [1.54, 1.807) is 6.20 Å². The Morgan fingerprint density at radius 2 is 1.81 bits per heavy atom. The van der Waals surface area contributed by atoms with Gasteiger partial charge in [0.25, 0.3) is 0 Å². The van der Waals surface area contributed by atoms with E-state index in [0.717, 1.165) is 19.5 Å². The zero-order valence-corrected chi connectivity index (χ0v) is 9.60. The minimum atomic E-state index is 0.806. The highest BCUT2D eigenvalue weighted by Crippen LogP contribution is 2.19. The van der Waals surface area contributed by atoms with Gasteiger partial charge in [-0.25, -0.2) is 0 Å². The third-order valence-electron chi connectivity index (χ3n) is 2.28. The topological polar surface area (TPSA) is 16.1 Å². The molecule has 1 rings (SSSR count). The first-order chi connectivity index (χ1) is 7.83. The molecule has 0 radical (unpaired) electrons. The molecule has 2 heteroatoms. The standard InChI is InChI=1S/C14H18N2/c1-4-7-13-12-15-9-8-14(13)16(10-5-2)11-6-3/h4-6,8-9,12H,1-3,7,10-11H2. The summed E-state index contributed by atoms with van der Waals surface area (Å²) in [5.41, 5.74) is 2.36. The Bertz CT molecular complexity index is 359. The van der Waals surface area contributed by atoms with Crippen LogP contribution in [0.25, 0.3) is 0 Å². The highest BCUT2D eigenvalue weighted by molar-refractivity contribution is 5.53. The fourth-order valence-electron chi connectivity index (χ4n) is 1.62. The van der Waals surface area contributed by atoms with E-state index in [1.165, 1.54) is 11.3 Å². The van der Waals surface area contributed by atoms with Gasteiger partial charge < -0.3 is 4.90 Å². The van der Waals surface area contributed by atoms with E-state index in [-0.39, 0.29) is 0 Å². The van der Waals surface area contributed by atoms with Gasteiger partial charge in [-0.15, -0.1) is 19.7 Å². The molecule has 16 heavy (non-hydrogen) atoms. The number of allylic oxidation sites excluding steroid dienone is 1. The highest BCUT2D eigenvalue weighted by atomic mass is 15.1. The van der Waals surface area contributed by atoms with Crippen molar-refractivity contribution in [2.45, 2.75) is 6.42 Å². The molecule has 1 heterocycles. The molecule has 0 atom stereocenters. The molecular formula is C14H18N2. The van der Waals surface area contributed by atoms with Crippen LogP contribution >= 0.6 is 0 Å². The van der Waals surface area contributed by atoms with E-state index in [1.807, 2.05) is 30.5 Å². The van der Waals surface area contributed by atoms with Gasteiger partial charge in [-0.3, -0.25) is 4.98 Å². The Morgan fingerprint density at radius 1 is 1.12 bits per heavy atom. The Labute approximate surface area is 97.6 Å². The predicted molar refractivity (Wildman–Crippen MR) is 70.7 cm³/mol. The first-order valence-electron chi connectivity index (χ1n) is 5.34. The highest BCUT2D eigenvalue weighted by Gasteiger charge is 2.07. The van der Waals surface area contributed by atoms with Gasteiger partial charge in [-0.1, -0.05) is 18.2 Å². The quantitative estimate of drug-likeness (QED) is 0.649. The minimum absolute atomic E-state index is 0.806. The lowest BCUT2D eigenvalue weighted by molar-refractivity contribution is 0.939. The molecule has 1 aromatic rings. The van der Waals surface area contributed by atoms with Crippen LogP contribution in [-0.2, 0) is 6.42 Å². The lowest BCUT2D eigenvalue weighted by Gasteiger charge is -2.23. The lowest BCUT2D eigenvalue weighted by Crippen LogP contribution is -2.24. The van der Waals surface area contributed by atoms with Crippen LogP contribution in [0.3, 0.4) is 0 Å². The zero-order valence-electron chi connectivity index (χ0n) is 9.60. The van der Waals surface area contributed by atoms with Gasteiger partial charge in [0.2, 0.25) is 0 Å². The Hall–Kier alpha value is -1.83. The molecule has 2 nitrogen and oxygen atoms in total. The summed E-state index contributed by atoms with van der Waals surface area (Å²) < 4.78 is 0. The molecule has 84 valence electrons. The van der Waals surface area contributed by atoms with Crippen molar-refractivity contribution in [1.82, 2.24) is 4.98 Å². The molecule has 0 aliphatic heterocycles. The van der Waals surface area contributed by atoms with Gasteiger partial charge in [-0.2, -0.15) is 0 Å². The third-order valence-corrected chi connectivity index (χ3v) is 2.28. The molecule has 0 spiro atoms. The van der Waals surface area contributed by atoms with Crippen molar-refractivity contribution in [1.29, 1.82) is 0 Å². The maximum absolute atomic E-state index is 4.14. The summed E-state index contributed by atoms with van der Waals surface area (Å²) in [5, 5.41) is 0. The molecule has 0 aromatic carbocycles. The maximum Gasteiger partial charge on any atom is 0.0438 e. The van der Waals surface area contributed by atoms with Crippen LogP contribution in [0.15, 0.2) is 56.4 Å². The van der Waals surface area contributed by atoms with Gasteiger partial charge in [-0.05, 0) is 18.1 Å². The summed E-state index contributed by atoms with van der Waals surface area (Å²) in [4.78, 5) is 6.35. The van der Waals surface area contributed by atoms with Crippen LogP contribution in [0.4, 0.5) is 5.69 Å². The molecule has 0 saturated carbocycles. The number of rotatable bonds is 7. The largest absolute Gasteiger partial charge is 0.364 e. The third kappa shape index (κ3) is 3.09. The van der Waals surface area contributed by atoms with E-state index in [0.29, 0.717) is 0 Å². The smallest absolute Gasteiger partial charge is 0.0438 e. The van der Waals surface area contributed by atoms with Gasteiger partial charge in [0.05, 0.1) is 0 Å². The van der Waals surface area contributed by atoms with Crippen molar-refractivity contribution in [3.63, 3.8) is 0 Å². The second-order valence-electron chi connectivity index (χ2n) is 3.48. The van der Waals surface area contributed by atoms with Crippen molar-refractivity contribution in [3.8, 4) is 0 Å². The lowest BCUT2D eigenvalue weighted by atomic mass is 10.1. The summed E-state index contributed by atoms with van der Waals surface area (Å²) in [6.45, 7) is 12.9. The second-order valence-corrected chi connectivity index (χ2v) is 3.48. The Balaban J connectivity index is 3.00. The first kappa shape index (κ1) is 12.2. The van der Waals surface area contributed by atoms with E-state index in [9.17, 15) is 0 Å². The SMILES string of the molecule is C=CCc1cnccc1N(CC=C)CC=C. The van der Waals surface area contributed by atoms with E-state index in [2.05, 4.69) is 29.6 Å². The molecule has 0 amide bonds. The number of aromatic nitrogens is 1. The molecule has 0 unspecified atom stereocenters. The summed E-state index contributed by atoms with van der Waals surface area (Å²) in [5.74, 6) is 0. The van der Waals surface area contributed by atoms with Gasteiger partial charge >= 0.3 is 0 Å². The molecule has 0 N–H and O–H groups in total. The summed E-state index contributed by atoms with van der Waals surface area (Å²) in [7, 11) is 0. The monoisotopic (exact) mass is 214 g/mol. The number of anilines is 1. The number of hydrogen-bond acceptors (Lipinski definition) is 2. The average molecular weight is 214 g/mol. The van der Waals surface area contributed by atoms with Crippen LogP contribution < -0.4 is 4.90 Å². The number of nitrogens with zero attached hydrogens (tertiary/aromatic N) is 2. The molecule has 1 aromatic heterocycles. The Kier molecular flexibility index (Phi) is 5.06. The van der Waals surface area contributed by atoms with E-state index in [4.69, 9.17) is 0 Å². The van der Waals surface area contributed by atoms with E-state index >= 15 is 0 Å². The second kappa shape index (κ2) is 6.62. The van der Waals surface area contributed by atoms with Crippen LogP contribution in [0.2, 0.25) is 0 Å². The maximum atomic E-state index is 4.14. The molecule has 0 bridgehead atoms. The van der Waals surface area contributed by atoms with Gasteiger partial charge in [0.15, 0.2) is 0 Å². The molecule has 0 aliphatic rings. The molecular weight excluding hydrogens is 196 g/mol. The van der Waals surface area contributed by atoms with Gasteiger partial charge in [0.1, 0.15) is 0 Å². The fraction of sp³-hybridized carbons (Fsp3) is 0.214. The summed E-state index contributed by atoms with van der Waals surface area (Å²) in [6, 6.07) is 2.02. The van der Waals surface area contributed by atoms with Crippen LogP contribution in [0.5, 0.6) is 0 Å². The van der Waals surface area contributed by atoms with Crippen molar-refractivity contribution < 1.29 is 0 Å². The average Bonchev–Trinajstić information content (AvgIpc) is 2.30. The van der Waals surface area contributed by atoms with Crippen LogP contribution in [-0.4, -0.2) is 18.1 Å². The van der Waals surface area contributed by atoms with Crippen molar-refractivity contribution >= 4 is 5.69 Å². The van der Waals surface area contributed by atoms with E-state index < -0.39 is 0 Å². The van der Waals surface area contributed by atoms with Crippen molar-refractivity contribution in [2.24, 2.45) is 0 Å². The van der Waals surface area contributed by atoms with Crippen molar-refractivity contribution in [2.75, 3.05) is 18.0 Å². The zero-order chi connectivity index (χ0) is 11.8. The summed E-state index contributed by atoms with van der Waals surface area (Å²) in [6.07, 6.45) is 10.2. The molecule has 0 fully saturated rings. The van der Waals surface area contributed by atoms with Gasteiger partial charge in [0, 0.05) is 31.2 Å². The fourth-order valence-corrected chi connectivity index (χ4v) is 1.62. The number of pyridine rings is 1. The van der Waals surface area contributed by atoms with Crippen LogP contribution in [0.1, 0.15) is 5.56 Å². The number of hydrogen-bond donors (Lipinski definition) is 0.